The van der Waals surface area contributed by atoms with Crippen LogP contribution in [0, 0.1) is 0 Å². The van der Waals surface area contributed by atoms with Gasteiger partial charge < -0.3 is 15.3 Å². The van der Waals surface area contributed by atoms with Crippen molar-refractivity contribution >= 4 is 29.2 Å². The molecule has 19 heavy (non-hydrogen) atoms. The second-order valence-corrected chi connectivity index (χ2v) is 4.94. The van der Waals surface area contributed by atoms with E-state index in [0.29, 0.717) is 36.1 Å². The topological polar surface area (TPSA) is 52.6 Å². The molecule has 4 nitrogen and oxygen atoms in total. The monoisotopic (exact) mass is 304 g/mol. The molecule has 0 aliphatic carbocycles. The van der Waals surface area contributed by atoms with E-state index in [4.69, 9.17) is 28.3 Å². The Morgan fingerprint density at radius 2 is 1.95 bits per heavy atom. The molecule has 106 valence electrons. The molecule has 0 saturated carbocycles. The van der Waals surface area contributed by atoms with Gasteiger partial charge in [-0.2, -0.15) is 0 Å². The lowest BCUT2D eigenvalue weighted by Gasteiger charge is -2.20. The van der Waals surface area contributed by atoms with Crippen LogP contribution in [0.3, 0.4) is 0 Å². The van der Waals surface area contributed by atoms with Gasteiger partial charge in [-0.3, -0.25) is 0 Å². The van der Waals surface area contributed by atoms with Gasteiger partial charge >= 0.3 is 6.03 Å². The number of amides is 2. The van der Waals surface area contributed by atoms with Crippen LogP contribution in [-0.4, -0.2) is 42.3 Å². The second kappa shape index (κ2) is 8.25. The number of rotatable bonds is 6. The summed E-state index contributed by atoms with van der Waals surface area (Å²) < 4.78 is 0. The predicted octanol–water partition coefficient (Wildman–Crippen LogP) is 2.56. The molecule has 6 heteroatoms. The fourth-order valence-corrected chi connectivity index (χ4v) is 2.28. The molecule has 0 atom stereocenters. The number of hydrogen-bond acceptors (Lipinski definition) is 2. The molecule has 0 aliphatic heterocycles. The molecule has 1 aromatic carbocycles. The summed E-state index contributed by atoms with van der Waals surface area (Å²) in [5.74, 6) is 0. The summed E-state index contributed by atoms with van der Waals surface area (Å²) >= 11 is 11.8. The molecule has 0 fully saturated rings. The SMILES string of the molecule is CCN(CCO)C(=O)NCCc1cc(Cl)cc(Cl)c1. The summed E-state index contributed by atoms with van der Waals surface area (Å²) in [7, 11) is 0. The smallest absolute Gasteiger partial charge is 0.317 e. The fourth-order valence-electron chi connectivity index (χ4n) is 1.70. The second-order valence-electron chi connectivity index (χ2n) is 4.06. The lowest BCUT2D eigenvalue weighted by molar-refractivity contribution is 0.180. The molecule has 0 spiro atoms. The van der Waals surface area contributed by atoms with Gasteiger partial charge in [0, 0.05) is 29.7 Å². The Labute approximate surface area is 123 Å². The quantitative estimate of drug-likeness (QED) is 0.848. The van der Waals surface area contributed by atoms with E-state index < -0.39 is 0 Å². The average Bonchev–Trinajstić information content (AvgIpc) is 2.34. The molecule has 2 N–H and O–H groups in total. The molecule has 0 aromatic heterocycles. The van der Waals surface area contributed by atoms with Crippen molar-refractivity contribution in [3.63, 3.8) is 0 Å². The van der Waals surface area contributed by atoms with E-state index in [9.17, 15) is 4.79 Å². The van der Waals surface area contributed by atoms with Gasteiger partial charge in [-0.25, -0.2) is 4.79 Å². The third-order valence-electron chi connectivity index (χ3n) is 2.65. The highest BCUT2D eigenvalue weighted by atomic mass is 35.5. The zero-order valence-corrected chi connectivity index (χ0v) is 12.3. The van der Waals surface area contributed by atoms with Crippen molar-refractivity contribution in [3.8, 4) is 0 Å². The first-order valence-corrected chi connectivity index (χ1v) is 6.91. The average molecular weight is 305 g/mol. The third kappa shape index (κ3) is 5.68. The molecule has 1 aromatic rings. The molecular weight excluding hydrogens is 287 g/mol. The van der Waals surface area contributed by atoms with Gasteiger partial charge in [-0.1, -0.05) is 23.2 Å². The maximum atomic E-state index is 11.7. The van der Waals surface area contributed by atoms with Gasteiger partial charge in [0.15, 0.2) is 0 Å². The van der Waals surface area contributed by atoms with Crippen molar-refractivity contribution in [2.24, 2.45) is 0 Å². The minimum Gasteiger partial charge on any atom is -0.395 e. The zero-order valence-electron chi connectivity index (χ0n) is 10.8. The third-order valence-corrected chi connectivity index (χ3v) is 3.09. The van der Waals surface area contributed by atoms with Crippen LogP contribution in [0.2, 0.25) is 10.0 Å². The number of nitrogens with one attached hydrogen (secondary N) is 1. The number of likely N-dealkylation sites (N-methyl/N-ethyl adjacent to an activating group) is 1. The van der Waals surface area contributed by atoms with Crippen molar-refractivity contribution in [2.75, 3.05) is 26.2 Å². The van der Waals surface area contributed by atoms with E-state index >= 15 is 0 Å². The first-order valence-electron chi connectivity index (χ1n) is 6.15. The number of hydrogen-bond donors (Lipinski definition) is 2. The van der Waals surface area contributed by atoms with Crippen LogP contribution in [0.15, 0.2) is 18.2 Å². The van der Waals surface area contributed by atoms with Crippen LogP contribution in [0.5, 0.6) is 0 Å². The Kier molecular flexibility index (Phi) is 6.99. The van der Waals surface area contributed by atoms with Gasteiger partial charge in [0.1, 0.15) is 0 Å². The number of nitrogens with zero attached hydrogens (tertiary/aromatic N) is 1. The minimum absolute atomic E-state index is 0.0365. The van der Waals surface area contributed by atoms with Crippen LogP contribution in [0.4, 0.5) is 4.79 Å². The highest BCUT2D eigenvalue weighted by Gasteiger charge is 2.09. The van der Waals surface area contributed by atoms with E-state index in [1.165, 1.54) is 0 Å². The zero-order chi connectivity index (χ0) is 14.3. The normalized spacial score (nSPS) is 10.3. The van der Waals surface area contributed by atoms with Crippen molar-refractivity contribution in [1.82, 2.24) is 10.2 Å². The highest BCUT2D eigenvalue weighted by Crippen LogP contribution is 2.19. The lowest BCUT2D eigenvalue weighted by Crippen LogP contribution is -2.42. The number of aliphatic hydroxyl groups excluding tert-OH is 1. The molecule has 0 bridgehead atoms. The lowest BCUT2D eigenvalue weighted by atomic mass is 10.1. The fraction of sp³-hybridized carbons (Fsp3) is 0.462. The molecule has 0 radical (unpaired) electrons. The van der Waals surface area contributed by atoms with Crippen LogP contribution in [0.25, 0.3) is 0 Å². The first-order chi connectivity index (χ1) is 9.06. The summed E-state index contributed by atoms with van der Waals surface area (Å²) in [6.07, 6.45) is 0.655. The molecule has 1 rings (SSSR count). The Hall–Kier alpha value is -0.970. The largest absolute Gasteiger partial charge is 0.395 e. The summed E-state index contributed by atoms with van der Waals surface area (Å²) in [6, 6.07) is 5.14. The van der Waals surface area contributed by atoms with Gasteiger partial charge in [0.25, 0.3) is 0 Å². The van der Waals surface area contributed by atoms with Crippen LogP contribution < -0.4 is 5.32 Å². The molecule has 0 heterocycles. The number of urea groups is 1. The Morgan fingerprint density at radius 1 is 1.32 bits per heavy atom. The maximum Gasteiger partial charge on any atom is 0.317 e. The van der Waals surface area contributed by atoms with Gasteiger partial charge in [0.05, 0.1) is 6.61 Å². The summed E-state index contributed by atoms with van der Waals surface area (Å²) in [5, 5.41) is 12.8. The predicted molar refractivity (Wildman–Crippen MR) is 77.9 cm³/mol. The van der Waals surface area contributed by atoms with E-state index in [1.54, 1.807) is 11.0 Å². The van der Waals surface area contributed by atoms with Crippen molar-refractivity contribution in [3.05, 3.63) is 33.8 Å². The Morgan fingerprint density at radius 3 is 2.47 bits per heavy atom. The first kappa shape index (κ1) is 16.1. The Bertz CT molecular complexity index is 407. The van der Waals surface area contributed by atoms with Crippen LogP contribution >= 0.6 is 23.2 Å². The minimum atomic E-state index is -0.176. The summed E-state index contributed by atoms with van der Waals surface area (Å²) in [5.41, 5.74) is 0.975. The summed E-state index contributed by atoms with van der Waals surface area (Å²) in [4.78, 5) is 13.3. The molecule has 2 amide bonds. The maximum absolute atomic E-state index is 11.7. The van der Waals surface area contributed by atoms with E-state index in [-0.39, 0.29) is 12.6 Å². The standard InChI is InChI=1S/C13H18Cl2N2O2/c1-2-17(5-6-18)13(19)16-4-3-10-7-11(14)9-12(15)8-10/h7-9,18H,2-6H2,1H3,(H,16,19). The van der Waals surface area contributed by atoms with Crippen molar-refractivity contribution in [2.45, 2.75) is 13.3 Å². The Balaban J connectivity index is 2.43. The van der Waals surface area contributed by atoms with Gasteiger partial charge in [-0.05, 0) is 37.1 Å². The van der Waals surface area contributed by atoms with Gasteiger partial charge in [-0.15, -0.1) is 0 Å². The number of benzene rings is 1. The number of halogens is 2. The molecular formula is C13H18Cl2N2O2. The molecule has 0 unspecified atom stereocenters. The highest BCUT2D eigenvalue weighted by molar-refractivity contribution is 6.34. The van der Waals surface area contributed by atoms with Crippen LogP contribution in [0.1, 0.15) is 12.5 Å². The van der Waals surface area contributed by atoms with Gasteiger partial charge in [0.2, 0.25) is 0 Å². The number of aliphatic hydroxyl groups is 1. The molecule has 0 saturated heterocycles. The summed E-state index contributed by atoms with van der Waals surface area (Å²) in [6.45, 7) is 3.23. The number of carbonyl (C=O) groups excluding carboxylic acids is 1. The van der Waals surface area contributed by atoms with Crippen molar-refractivity contribution < 1.29 is 9.90 Å². The number of carbonyl (C=O) groups is 1. The van der Waals surface area contributed by atoms with E-state index in [0.717, 1.165) is 5.56 Å². The van der Waals surface area contributed by atoms with Crippen molar-refractivity contribution in [1.29, 1.82) is 0 Å². The van der Waals surface area contributed by atoms with Crippen LogP contribution in [-0.2, 0) is 6.42 Å². The van der Waals surface area contributed by atoms with E-state index in [1.807, 2.05) is 19.1 Å². The molecule has 0 aliphatic rings. The van der Waals surface area contributed by atoms with E-state index in [2.05, 4.69) is 5.32 Å².